The predicted molar refractivity (Wildman–Crippen MR) is 87.6 cm³/mol. The van der Waals surface area contributed by atoms with Crippen molar-refractivity contribution in [2.45, 2.75) is 12.5 Å². The fraction of sp³-hybridized carbons (Fsp3) is 0.133. The van der Waals surface area contributed by atoms with Crippen molar-refractivity contribution in [3.05, 3.63) is 57.5 Å². The van der Waals surface area contributed by atoms with E-state index in [-0.39, 0.29) is 11.7 Å². The number of carbonyl (C=O) groups excluding carboxylic acids is 1. The summed E-state index contributed by atoms with van der Waals surface area (Å²) in [6, 6.07) is 11.0. The van der Waals surface area contributed by atoms with Crippen LogP contribution in [0.25, 0.3) is 0 Å². The van der Waals surface area contributed by atoms with Gasteiger partial charge in [-0.25, -0.2) is 0 Å². The van der Waals surface area contributed by atoms with Crippen LogP contribution in [0.1, 0.15) is 5.56 Å². The van der Waals surface area contributed by atoms with Crippen molar-refractivity contribution in [1.29, 1.82) is 0 Å². The largest absolute Gasteiger partial charge is 0.508 e. The lowest BCUT2D eigenvalue weighted by molar-refractivity contribution is -0.117. The maximum Gasteiger partial charge on any atom is 0.241 e. The Balaban J connectivity index is 2.02. The number of benzene rings is 2. The second-order valence-electron chi connectivity index (χ2n) is 4.59. The van der Waals surface area contributed by atoms with E-state index in [1.807, 2.05) is 0 Å². The van der Waals surface area contributed by atoms with Crippen LogP contribution >= 0.6 is 27.5 Å². The Morgan fingerprint density at radius 1 is 1.29 bits per heavy atom. The van der Waals surface area contributed by atoms with Crippen molar-refractivity contribution in [3.63, 3.8) is 0 Å². The Bertz CT molecular complexity index is 647. The zero-order valence-corrected chi connectivity index (χ0v) is 13.4. The number of hydrogen-bond donors (Lipinski definition) is 3. The summed E-state index contributed by atoms with van der Waals surface area (Å²) >= 11 is 9.24. The average molecular weight is 370 g/mol. The van der Waals surface area contributed by atoms with Crippen LogP contribution in [0.5, 0.6) is 5.75 Å². The molecule has 0 spiro atoms. The van der Waals surface area contributed by atoms with Gasteiger partial charge in [-0.1, -0.05) is 23.7 Å². The number of halogens is 2. The van der Waals surface area contributed by atoms with Crippen molar-refractivity contribution in [2.75, 3.05) is 5.32 Å². The first-order valence-electron chi connectivity index (χ1n) is 6.25. The van der Waals surface area contributed by atoms with Crippen molar-refractivity contribution < 1.29 is 9.90 Å². The third kappa shape index (κ3) is 4.46. The molecule has 1 amide bonds. The van der Waals surface area contributed by atoms with Crippen LogP contribution in [-0.2, 0) is 11.2 Å². The lowest BCUT2D eigenvalue weighted by Gasteiger charge is -2.13. The maximum atomic E-state index is 12.1. The third-order valence-electron chi connectivity index (χ3n) is 2.92. The molecule has 0 bridgehead atoms. The third-order valence-corrected chi connectivity index (χ3v) is 3.84. The predicted octanol–water partition coefficient (Wildman–Crippen LogP) is 3.32. The Kier molecular flexibility index (Phi) is 5.22. The standard InChI is InChI=1S/C15H14BrClN2O2/c16-12-6-3-10(17)8-14(12)19-15(21)13(18)7-9-1-4-11(20)5-2-9/h1-6,8,13,20H,7,18H2,(H,19,21)/t13-/m0/s1. The Labute approximate surface area is 136 Å². The number of nitrogens with two attached hydrogens (primary N) is 1. The van der Waals surface area contributed by atoms with Gasteiger partial charge in [0.05, 0.1) is 11.7 Å². The first kappa shape index (κ1) is 15.8. The molecule has 0 aliphatic rings. The van der Waals surface area contributed by atoms with Gasteiger partial charge in [-0.15, -0.1) is 0 Å². The van der Waals surface area contributed by atoms with Gasteiger partial charge in [-0.05, 0) is 58.2 Å². The molecule has 21 heavy (non-hydrogen) atoms. The van der Waals surface area contributed by atoms with Crippen LogP contribution in [-0.4, -0.2) is 17.1 Å². The molecule has 0 aliphatic carbocycles. The molecule has 0 radical (unpaired) electrons. The van der Waals surface area contributed by atoms with E-state index in [1.54, 1.807) is 42.5 Å². The van der Waals surface area contributed by atoms with Crippen molar-refractivity contribution in [2.24, 2.45) is 5.73 Å². The smallest absolute Gasteiger partial charge is 0.241 e. The summed E-state index contributed by atoms with van der Waals surface area (Å²) in [5, 5.41) is 12.5. The van der Waals surface area contributed by atoms with E-state index in [0.717, 1.165) is 10.0 Å². The Morgan fingerprint density at radius 2 is 1.95 bits per heavy atom. The zero-order chi connectivity index (χ0) is 15.4. The molecule has 2 aromatic carbocycles. The molecule has 0 saturated heterocycles. The number of phenolic OH excluding ortho intramolecular Hbond substituents is 1. The summed E-state index contributed by atoms with van der Waals surface area (Å²) in [5.41, 5.74) is 7.35. The van der Waals surface area contributed by atoms with E-state index in [9.17, 15) is 9.90 Å². The molecule has 2 aromatic rings. The van der Waals surface area contributed by atoms with Crippen LogP contribution < -0.4 is 11.1 Å². The van der Waals surface area contributed by atoms with Crippen LogP contribution in [0.2, 0.25) is 5.02 Å². The molecule has 0 heterocycles. The SMILES string of the molecule is N[C@@H](Cc1ccc(O)cc1)C(=O)Nc1cc(Cl)ccc1Br. The molecule has 4 N–H and O–H groups in total. The molecule has 0 aliphatic heterocycles. The summed E-state index contributed by atoms with van der Waals surface area (Å²) in [7, 11) is 0. The number of carbonyl (C=O) groups is 1. The number of amides is 1. The Morgan fingerprint density at radius 3 is 2.62 bits per heavy atom. The van der Waals surface area contributed by atoms with Gasteiger partial charge in [0.15, 0.2) is 0 Å². The van der Waals surface area contributed by atoms with Gasteiger partial charge in [0, 0.05) is 9.50 Å². The van der Waals surface area contributed by atoms with Crippen molar-refractivity contribution in [1.82, 2.24) is 0 Å². The quantitative estimate of drug-likeness (QED) is 0.774. The highest BCUT2D eigenvalue weighted by molar-refractivity contribution is 9.10. The van der Waals surface area contributed by atoms with Crippen LogP contribution in [0.4, 0.5) is 5.69 Å². The van der Waals surface area contributed by atoms with E-state index < -0.39 is 6.04 Å². The lowest BCUT2D eigenvalue weighted by atomic mass is 10.1. The molecular weight excluding hydrogens is 356 g/mol. The van der Waals surface area contributed by atoms with Gasteiger partial charge in [-0.2, -0.15) is 0 Å². The first-order chi connectivity index (χ1) is 9.95. The molecule has 6 heteroatoms. The zero-order valence-electron chi connectivity index (χ0n) is 11.0. The summed E-state index contributed by atoms with van der Waals surface area (Å²) in [6.45, 7) is 0. The number of phenols is 1. The number of rotatable bonds is 4. The Hall–Kier alpha value is -1.56. The van der Waals surface area contributed by atoms with Gasteiger partial charge >= 0.3 is 0 Å². The molecule has 2 rings (SSSR count). The molecule has 4 nitrogen and oxygen atoms in total. The van der Waals surface area contributed by atoms with E-state index in [1.165, 1.54) is 0 Å². The maximum absolute atomic E-state index is 12.1. The summed E-state index contributed by atoms with van der Waals surface area (Å²) in [6.07, 6.45) is 0.379. The molecule has 0 fully saturated rings. The fourth-order valence-corrected chi connectivity index (χ4v) is 2.32. The molecule has 0 aromatic heterocycles. The minimum Gasteiger partial charge on any atom is -0.508 e. The normalized spacial score (nSPS) is 12.0. The van der Waals surface area contributed by atoms with Gasteiger partial charge in [0.1, 0.15) is 5.75 Å². The summed E-state index contributed by atoms with van der Waals surface area (Å²) in [4.78, 5) is 12.1. The number of nitrogens with one attached hydrogen (secondary N) is 1. The van der Waals surface area contributed by atoms with Crippen LogP contribution in [0.15, 0.2) is 46.9 Å². The van der Waals surface area contributed by atoms with Crippen LogP contribution in [0.3, 0.4) is 0 Å². The first-order valence-corrected chi connectivity index (χ1v) is 7.42. The van der Waals surface area contributed by atoms with E-state index >= 15 is 0 Å². The highest BCUT2D eigenvalue weighted by Gasteiger charge is 2.15. The van der Waals surface area contributed by atoms with E-state index in [2.05, 4.69) is 21.2 Å². The molecule has 0 unspecified atom stereocenters. The molecule has 1 atom stereocenters. The van der Waals surface area contributed by atoms with Gasteiger partial charge in [-0.3, -0.25) is 4.79 Å². The fourth-order valence-electron chi connectivity index (χ4n) is 1.80. The van der Waals surface area contributed by atoms with Crippen molar-refractivity contribution in [3.8, 4) is 5.75 Å². The number of hydrogen-bond acceptors (Lipinski definition) is 3. The van der Waals surface area contributed by atoms with Gasteiger partial charge in [0.2, 0.25) is 5.91 Å². The average Bonchev–Trinajstić information content (AvgIpc) is 2.45. The van der Waals surface area contributed by atoms with Crippen molar-refractivity contribution >= 4 is 39.1 Å². The number of anilines is 1. The highest BCUT2D eigenvalue weighted by Crippen LogP contribution is 2.26. The van der Waals surface area contributed by atoms with Crippen LogP contribution in [0, 0.1) is 0 Å². The minimum absolute atomic E-state index is 0.180. The summed E-state index contributed by atoms with van der Waals surface area (Å²) in [5.74, 6) is -0.120. The molecule has 110 valence electrons. The number of aromatic hydroxyl groups is 1. The second kappa shape index (κ2) is 6.93. The monoisotopic (exact) mass is 368 g/mol. The van der Waals surface area contributed by atoms with E-state index in [4.69, 9.17) is 17.3 Å². The topological polar surface area (TPSA) is 75.3 Å². The second-order valence-corrected chi connectivity index (χ2v) is 5.88. The molecular formula is C15H14BrClN2O2. The van der Waals surface area contributed by atoms with E-state index in [0.29, 0.717) is 17.1 Å². The summed E-state index contributed by atoms with van der Waals surface area (Å²) < 4.78 is 0.733. The highest BCUT2D eigenvalue weighted by atomic mass is 79.9. The van der Waals surface area contributed by atoms with Gasteiger partial charge in [0.25, 0.3) is 0 Å². The van der Waals surface area contributed by atoms with Gasteiger partial charge < -0.3 is 16.2 Å². The molecule has 0 saturated carbocycles. The minimum atomic E-state index is -0.694. The lowest BCUT2D eigenvalue weighted by Crippen LogP contribution is -2.37.